The lowest BCUT2D eigenvalue weighted by Crippen LogP contribution is -2.61. The van der Waals surface area contributed by atoms with Crippen LogP contribution in [0.5, 0.6) is 0 Å². The van der Waals surface area contributed by atoms with E-state index in [1.54, 1.807) is 13.8 Å². The van der Waals surface area contributed by atoms with Gasteiger partial charge in [-0.1, -0.05) is 34.6 Å². The Balaban J connectivity index is 1.03. The van der Waals surface area contributed by atoms with Crippen LogP contribution in [0.25, 0.3) is 0 Å². The number of sulfonamides is 1. The Hall–Kier alpha value is -0.370. The molecule has 0 aromatic carbocycles. The molecule has 8 aliphatic rings. The van der Waals surface area contributed by atoms with Crippen molar-refractivity contribution in [2.45, 2.75) is 148 Å². The highest BCUT2D eigenvalue weighted by Gasteiger charge is 2.84. The van der Waals surface area contributed by atoms with Crippen LogP contribution in [0.15, 0.2) is 0 Å². The third-order valence-electron chi connectivity index (χ3n) is 16.8. The smallest absolute Gasteiger partial charge is 0.209 e. The highest BCUT2D eigenvalue weighted by atomic mass is 32.2. The van der Waals surface area contributed by atoms with Crippen LogP contribution in [-0.2, 0) is 29.0 Å². The molecule has 0 amide bonds. The zero-order chi connectivity index (χ0) is 35.2. The first-order valence-corrected chi connectivity index (χ1v) is 21.3. The Morgan fingerprint density at radius 3 is 2.37 bits per heavy atom. The SMILES string of the molecule is C[C@@H]1C[C@H]([C@H](NS(C)(=O)=O)C(C)(C)O)O[C@H]2[C@H]1[C@@]1(C)CCC34C[C@@]35CC[C@H](O[C@H]3CN(C6COC6)CCO3)C(C)(C)[C@@H]5CC[C@H]4[C@]1(C)[C@H]2O. The molecule has 10 nitrogen and oxygen atoms in total. The molecule has 0 bridgehead atoms. The second-order valence-corrected chi connectivity index (χ2v) is 21.5. The van der Waals surface area contributed by atoms with Crippen LogP contribution in [0.3, 0.4) is 0 Å². The van der Waals surface area contributed by atoms with Gasteiger partial charge in [-0.15, -0.1) is 0 Å². The van der Waals surface area contributed by atoms with Crippen molar-refractivity contribution in [3.05, 3.63) is 0 Å². The molecule has 0 aromatic heterocycles. The number of hydrogen-bond donors (Lipinski definition) is 3. The Morgan fingerprint density at radius 2 is 1.71 bits per heavy atom. The maximum atomic E-state index is 12.6. The van der Waals surface area contributed by atoms with Crippen molar-refractivity contribution in [2.24, 2.45) is 50.7 Å². The summed E-state index contributed by atoms with van der Waals surface area (Å²) in [7, 11) is -3.59. The van der Waals surface area contributed by atoms with E-state index in [0.29, 0.717) is 36.3 Å². The van der Waals surface area contributed by atoms with Crippen LogP contribution in [-0.4, -0.2) is 111 Å². The Kier molecular flexibility index (Phi) is 8.24. The van der Waals surface area contributed by atoms with Crippen LogP contribution in [0.2, 0.25) is 0 Å². The van der Waals surface area contributed by atoms with Crippen molar-refractivity contribution in [1.29, 1.82) is 0 Å². The second-order valence-electron chi connectivity index (χ2n) is 19.7. The standard InChI is InChI=1S/C38H64N2O8S/c1-22-17-24(31(34(4,5)42)39-49(8,43)44)47-30-29(22)35(6)13-14-38-21-37(38)12-11-27(48-28-18-40(15-16-46-28)23-19-45-20-23)33(2,3)25(37)9-10-26(38)36(35,7)32(30)41/h22-32,39,41-42H,9-21H2,1-8H3/t22-,24-,25+,26+,27+,28+,29+,30+,31+,32+,35-,36-,37-,38?/m1/s1. The lowest BCUT2D eigenvalue weighted by molar-refractivity contribution is -0.256. The van der Waals surface area contributed by atoms with Crippen molar-refractivity contribution in [3.8, 4) is 0 Å². The van der Waals surface area contributed by atoms with Gasteiger partial charge in [0.25, 0.3) is 0 Å². The molecule has 14 atom stereocenters. The van der Waals surface area contributed by atoms with E-state index in [1.807, 2.05) is 0 Å². The summed E-state index contributed by atoms with van der Waals surface area (Å²) >= 11 is 0. The van der Waals surface area contributed by atoms with Crippen LogP contribution in [0.4, 0.5) is 0 Å². The predicted octanol–water partition coefficient (Wildman–Crippen LogP) is 3.93. The van der Waals surface area contributed by atoms with Gasteiger partial charge in [-0.2, -0.15) is 0 Å². The number of aliphatic hydroxyl groups excluding tert-OH is 1. The largest absolute Gasteiger partial charge is 0.390 e. The van der Waals surface area contributed by atoms with E-state index in [-0.39, 0.29) is 52.0 Å². The summed E-state index contributed by atoms with van der Waals surface area (Å²) in [6, 6.07) is -0.303. The van der Waals surface area contributed by atoms with Crippen molar-refractivity contribution >= 4 is 10.0 Å². The van der Waals surface area contributed by atoms with Gasteiger partial charge in [-0.05, 0) is 111 Å². The van der Waals surface area contributed by atoms with Crippen LogP contribution >= 0.6 is 0 Å². The minimum atomic E-state index is -3.59. The first-order valence-electron chi connectivity index (χ1n) is 19.4. The molecule has 3 heterocycles. The fourth-order valence-electron chi connectivity index (χ4n) is 14.3. The highest BCUT2D eigenvalue weighted by molar-refractivity contribution is 7.88. The van der Waals surface area contributed by atoms with Crippen LogP contribution in [0.1, 0.15) is 99.8 Å². The first kappa shape index (κ1) is 35.6. The molecule has 3 aliphatic heterocycles. The molecular formula is C38H64N2O8S. The zero-order valence-electron chi connectivity index (χ0n) is 31.2. The van der Waals surface area contributed by atoms with Gasteiger partial charge in [-0.3, -0.25) is 4.90 Å². The summed E-state index contributed by atoms with van der Waals surface area (Å²) < 4.78 is 52.9. The fourth-order valence-corrected chi connectivity index (χ4v) is 15.2. The van der Waals surface area contributed by atoms with Crippen LogP contribution < -0.4 is 4.72 Å². The molecule has 0 aromatic rings. The lowest BCUT2D eigenvalue weighted by Gasteiger charge is -2.64. The predicted molar refractivity (Wildman–Crippen MR) is 185 cm³/mol. The zero-order valence-corrected chi connectivity index (χ0v) is 32.1. The third-order valence-corrected chi connectivity index (χ3v) is 17.4. The molecule has 5 aliphatic carbocycles. The number of rotatable bonds is 7. The number of ether oxygens (including phenoxy) is 4. The van der Waals surface area contributed by atoms with E-state index in [2.05, 4.69) is 44.2 Å². The first-order chi connectivity index (χ1) is 22.8. The minimum absolute atomic E-state index is 0.0332. The molecule has 1 unspecified atom stereocenters. The van der Waals surface area contributed by atoms with E-state index >= 15 is 0 Å². The topological polar surface area (TPSA) is 127 Å². The summed E-state index contributed by atoms with van der Waals surface area (Å²) in [4.78, 5) is 2.49. The monoisotopic (exact) mass is 708 g/mol. The average Bonchev–Trinajstić information content (AvgIpc) is 3.60. The number of hydrogen-bond acceptors (Lipinski definition) is 9. The van der Waals surface area contributed by atoms with Crippen molar-refractivity contribution in [2.75, 3.05) is 39.2 Å². The van der Waals surface area contributed by atoms with Gasteiger partial charge in [0.15, 0.2) is 6.29 Å². The third kappa shape index (κ3) is 5.01. The summed E-state index contributed by atoms with van der Waals surface area (Å²) in [6.45, 7) is 19.4. The van der Waals surface area contributed by atoms with E-state index in [0.717, 1.165) is 58.2 Å². The minimum Gasteiger partial charge on any atom is -0.390 e. The summed E-state index contributed by atoms with van der Waals surface area (Å²) in [5.41, 5.74) is -1.16. The van der Waals surface area contributed by atoms with Gasteiger partial charge in [0, 0.05) is 12.0 Å². The molecule has 280 valence electrons. The van der Waals surface area contributed by atoms with Crippen molar-refractivity contribution < 1.29 is 37.6 Å². The van der Waals surface area contributed by atoms with Crippen molar-refractivity contribution in [1.82, 2.24) is 9.62 Å². The lowest BCUT2D eigenvalue weighted by atomic mass is 9.41. The van der Waals surface area contributed by atoms with E-state index in [4.69, 9.17) is 18.9 Å². The number of fused-ring (bicyclic) bond motifs is 4. The molecule has 49 heavy (non-hydrogen) atoms. The second kappa shape index (κ2) is 11.3. The van der Waals surface area contributed by atoms with E-state index in [1.165, 1.54) is 19.3 Å². The highest BCUT2D eigenvalue weighted by Crippen LogP contribution is 2.89. The van der Waals surface area contributed by atoms with E-state index < -0.39 is 33.9 Å². The van der Waals surface area contributed by atoms with Gasteiger partial charge in [0.1, 0.15) is 0 Å². The summed E-state index contributed by atoms with van der Waals surface area (Å²) in [5, 5.41) is 23.7. The summed E-state index contributed by atoms with van der Waals surface area (Å²) in [6.07, 6.45) is 8.25. The Bertz CT molecular complexity index is 1420. The fraction of sp³-hybridized carbons (Fsp3) is 1.00. The number of morpholine rings is 1. The van der Waals surface area contributed by atoms with Crippen molar-refractivity contribution in [3.63, 3.8) is 0 Å². The van der Waals surface area contributed by atoms with E-state index in [9.17, 15) is 18.6 Å². The number of nitrogens with zero attached hydrogens (tertiary/aromatic N) is 1. The molecule has 2 spiro atoms. The Labute approximate surface area is 294 Å². The quantitative estimate of drug-likeness (QED) is 0.361. The number of nitrogens with one attached hydrogen (secondary N) is 1. The van der Waals surface area contributed by atoms with Gasteiger partial charge in [0.05, 0.1) is 74.7 Å². The molecule has 5 saturated carbocycles. The normalized spacial score (nSPS) is 51.8. The van der Waals surface area contributed by atoms with Crippen LogP contribution in [0, 0.1) is 50.7 Å². The Morgan fingerprint density at radius 1 is 1.02 bits per heavy atom. The molecule has 3 saturated heterocycles. The van der Waals surface area contributed by atoms with Gasteiger partial charge >= 0.3 is 0 Å². The summed E-state index contributed by atoms with van der Waals surface area (Å²) in [5.74, 6) is 1.39. The molecule has 3 N–H and O–H groups in total. The molecule has 11 heteroatoms. The molecule has 0 radical (unpaired) electrons. The number of aliphatic hydroxyl groups is 2. The average molecular weight is 709 g/mol. The maximum absolute atomic E-state index is 12.6. The van der Waals surface area contributed by atoms with Gasteiger partial charge < -0.3 is 29.2 Å². The van der Waals surface area contributed by atoms with Gasteiger partial charge in [0.2, 0.25) is 10.0 Å². The molecule has 8 rings (SSSR count). The maximum Gasteiger partial charge on any atom is 0.209 e. The van der Waals surface area contributed by atoms with Gasteiger partial charge in [-0.25, -0.2) is 13.1 Å². The molecular weight excluding hydrogens is 644 g/mol. The molecule has 8 fully saturated rings.